The van der Waals surface area contributed by atoms with Gasteiger partial charge in [0, 0.05) is 11.6 Å². The minimum absolute atomic E-state index is 0.688. The lowest BCUT2D eigenvalue weighted by atomic mass is 10.2. The first-order chi connectivity index (χ1) is 5.42. The molecule has 0 saturated carbocycles. The van der Waals surface area contributed by atoms with Crippen LogP contribution in [0.25, 0.3) is 10.9 Å². The Balaban J connectivity index is 2.88. The smallest absolute Gasteiger partial charge is 0.109 e. The van der Waals surface area contributed by atoms with Crippen LogP contribution in [-0.4, -0.2) is 4.98 Å². The molecule has 0 amide bonds. The molecule has 0 aliphatic carbocycles. The molecule has 1 aromatic carbocycles. The average molecular weight is 145 g/mol. The number of nitrogens with one attached hydrogen (secondary N) is 2. The molecule has 0 atom stereocenters. The standard InChI is InChI=1S/C8H7N3/c9-11-7-3-1-2-6-4-5-10-8(6)7/h1-5,9-10H. The molecule has 0 fully saturated rings. The molecule has 0 bridgehead atoms. The summed E-state index contributed by atoms with van der Waals surface area (Å²) in [5.74, 6) is 0. The maximum absolute atomic E-state index is 6.87. The summed E-state index contributed by atoms with van der Waals surface area (Å²) in [5, 5.41) is 4.49. The van der Waals surface area contributed by atoms with Crippen LogP contribution in [0.5, 0.6) is 0 Å². The maximum atomic E-state index is 6.87. The molecule has 0 aliphatic heterocycles. The van der Waals surface area contributed by atoms with Gasteiger partial charge in [-0.2, -0.15) is 5.11 Å². The Morgan fingerprint density at radius 1 is 1.27 bits per heavy atom. The van der Waals surface area contributed by atoms with Crippen molar-refractivity contribution in [3.05, 3.63) is 30.5 Å². The van der Waals surface area contributed by atoms with Crippen LogP contribution in [0.3, 0.4) is 0 Å². The third-order valence-corrected chi connectivity index (χ3v) is 1.69. The maximum Gasteiger partial charge on any atom is 0.109 e. The number of fused-ring (bicyclic) bond motifs is 1. The second kappa shape index (κ2) is 2.20. The van der Waals surface area contributed by atoms with Gasteiger partial charge in [-0.05, 0) is 12.1 Å². The molecule has 2 N–H and O–H groups in total. The number of para-hydroxylation sites is 1. The van der Waals surface area contributed by atoms with Gasteiger partial charge in [-0.1, -0.05) is 12.1 Å². The van der Waals surface area contributed by atoms with E-state index in [1.54, 1.807) is 0 Å². The van der Waals surface area contributed by atoms with E-state index >= 15 is 0 Å². The monoisotopic (exact) mass is 145 g/mol. The number of hydrogen-bond acceptors (Lipinski definition) is 2. The molecular weight excluding hydrogens is 138 g/mol. The van der Waals surface area contributed by atoms with Gasteiger partial charge in [-0.25, -0.2) is 5.53 Å². The highest BCUT2D eigenvalue weighted by Crippen LogP contribution is 2.23. The lowest BCUT2D eigenvalue weighted by Gasteiger charge is -1.91. The molecule has 0 unspecified atom stereocenters. The van der Waals surface area contributed by atoms with Crippen LogP contribution in [-0.2, 0) is 0 Å². The molecule has 2 rings (SSSR count). The van der Waals surface area contributed by atoms with Crippen LogP contribution >= 0.6 is 0 Å². The topological polar surface area (TPSA) is 52.0 Å². The quantitative estimate of drug-likeness (QED) is 0.580. The van der Waals surface area contributed by atoms with E-state index in [1.165, 1.54) is 0 Å². The molecule has 1 aromatic heterocycles. The van der Waals surface area contributed by atoms with Crippen molar-refractivity contribution in [3.63, 3.8) is 0 Å². The summed E-state index contributed by atoms with van der Waals surface area (Å²) in [6, 6.07) is 7.65. The van der Waals surface area contributed by atoms with Crippen LogP contribution in [0.2, 0.25) is 0 Å². The van der Waals surface area contributed by atoms with Crippen molar-refractivity contribution in [1.82, 2.24) is 4.98 Å². The Hall–Kier alpha value is -1.64. The normalized spacial score (nSPS) is 10.2. The molecular formula is C8H7N3. The predicted molar refractivity (Wildman–Crippen MR) is 43.1 cm³/mol. The number of rotatable bonds is 1. The van der Waals surface area contributed by atoms with E-state index in [2.05, 4.69) is 10.1 Å². The van der Waals surface area contributed by atoms with E-state index < -0.39 is 0 Å². The summed E-state index contributed by atoms with van der Waals surface area (Å²) in [6.07, 6.45) is 1.85. The average Bonchev–Trinajstić information content (AvgIpc) is 2.50. The van der Waals surface area contributed by atoms with E-state index in [-0.39, 0.29) is 0 Å². The summed E-state index contributed by atoms with van der Waals surface area (Å²) in [4.78, 5) is 3.03. The van der Waals surface area contributed by atoms with E-state index in [4.69, 9.17) is 5.53 Å². The summed E-state index contributed by atoms with van der Waals surface area (Å²) >= 11 is 0. The Labute approximate surface area is 63.6 Å². The van der Waals surface area contributed by atoms with Crippen molar-refractivity contribution in [2.75, 3.05) is 0 Å². The van der Waals surface area contributed by atoms with Crippen molar-refractivity contribution in [2.24, 2.45) is 5.11 Å². The van der Waals surface area contributed by atoms with Gasteiger partial charge < -0.3 is 4.98 Å². The van der Waals surface area contributed by atoms with Crippen molar-refractivity contribution >= 4 is 16.6 Å². The lowest BCUT2D eigenvalue weighted by Crippen LogP contribution is -1.67. The zero-order chi connectivity index (χ0) is 7.68. The van der Waals surface area contributed by atoms with Gasteiger partial charge in [-0.15, -0.1) is 0 Å². The summed E-state index contributed by atoms with van der Waals surface area (Å²) in [7, 11) is 0. The largest absolute Gasteiger partial charge is 0.359 e. The van der Waals surface area contributed by atoms with Gasteiger partial charge in [-0.3, -0.25) is 0 Å². The Morgan fingerprint density at radius 3 is 3.00 bits per heavy atom. The summed E-state index contributed by atoms with van der Waals surface area (Å²) in [5.41, 5.74) is 8.49. The minimum Gasteiger partial charge on any atom is -0.359 e. The van der Waals surface area contributed by atoms with Crippen LogP contribution in [0.15, 0.2) is 35.6 Å². The fourth-order valence-electron chi connectivity index (χ4n) is 1.16. The van der Waals surface area contributed by atoms with Crippen LogP contribution in [0, 0.1) is 5.53 Å². The molecule has 11 heavy (non-hydrogen) atoms. The summed E-state index contributed by atoms with van der Waals surface area (Å²) < 4.78 is 0. The fourth-order valence-corrected chi connectivity index (χ4v) is 1.16. The SMILES string of the molecule is N=Nc1cccc2cc[nH]c12. The van der Waals surface area contributed by atoms with E-state index in [0.717, 1.165) is 10.9 Å². The van der Waals surface area contributed by atoms with E-state index in [0.29, 0.717) is 5.69 Å². The second-order valence-electron chi connectivity index (χ2n) is 2.33. The van der Waals surface area contributed by atoms with Gasteiger partial charge in [0.15, 0.2) is 0 Å². The number of hydrogen-bond donors (Lipinski definition) is 2. The summed E-state index contributed by atoms with van der Waals surface area (Å²) in [6.45, 7) is 0. The first kappa shape index (κ1) is 6.09. The molecule has 0 spiro atoms. The van der Waals surface area contributed by atoms with Crippen LogP contribution in [0.1, 0.15) is 0 Å². The van der Waals surface area contributed by atoms with Crippen molar-refractivity contribution in [3.8, 4) is 0 Å². The van der Waals surface area contributed by atoms with Gasteiger partial charge >= 0.3 is 0 Å². The van der Waals surface area contributed by atoms with Gasteiger partial charge in [0.05, 0.1) is 5.52 Å². The van der Waals surface area contributed by atoms with Gasteiger partial charge in [0.1, 0.15) is 5.69 Å². The molecule has 54 valence electrons. The molecule has 2 aromatic rings. The highest BCUT2D eigenvalue weighted by molar-refractivity contribution is 5.89. The molecule has 3 heteroatoms. The molecule has 1 heterocycles. The fraction of sp³-hybridized carbons (Fsp3) is 0. The first-order valence-corrected chi connectivity index (χ1v) is 3.35. The zero-order valence-electron chi connectivity index (χ0n) is 5.83. The van der Waals surface area contributed by atoms with Crippen LogP contribution < -0.4 is 0 Å². The zero-order valence-corrected chi connectivity index (χ0v) is 5.83. The van der Waals surface area contributed by atoms with Crippen molar-refractivity contribution in [2.45, 2.75) is 0 Å². The van der Waals surface area contributed by atoms with Gasteiger partial charge in [0.2, 0.25) is 0 Å². The predicted octanol–water partition coefficient (Wildman–Crippen LogP) is 2.83. The lowest BCUT2D eigenvalue weighted by molar-refractivity contribution is 1.15. The molecule has 3 nitrogen and oxygen atoms in total. The first-order valence-electron chi connectivity index (χ1n) is 3.35. The molecule has 0 aliphatic rings. The number of aromatic nitrogens is 1. The highest BCUT2D eigenvalue weighted by atomic mass is 15.0. The van der Waals surface area contributed by atoms with Gasteiger partial charge in [0.25, 0.3) is 0 Å². The number of nitrogens with zero attached hydrogens (tertiary/aromatic N) is 1. The van der Waals surface area contributed by atoms with E-state index in [9.17, 15) is 0 Å². The van der Waals surface area contributed by atoms with Crippen LogP contribution in [0.4, 0.5) is 5.69 Å². The Kier molecular flexibility index (Phi) is 1.22. The number of aromatic amines is 1. The Morgan fingerprint density at radius 2 is 2.18 bits per heavy atom. The Bertz CT molecular complexity index is 389. The van der Waals surface area contributed by atoms with E-state index in [1.807, 2.05) is 30.5 Å². The number of benzene rings is 1. The molecule has 0 saturated heterocycles. The van der Waals surface area contributed by atoms with Crippen molar-refractivity contribution in [1.29, 1.82) is 5.53 Å². The molecule has 0 radical (unpaired) electrons. The number of H-pyrrole nitrogens is 1. The minimum atomic E-state index is 0.688. The highest BCUT2D eigenvalue weighted by Gasteiger charge is 1.97. The second-order valence-corrected chi connectivity index (χ2v) is 2.33. The third-order valence-electron chi connectivity index (χ3n) is 1.69. The van der Waals surface area contributed by atoms with Crippen molar-refractivity contribution < 1.29 is 0 Å². The third kappa shape index (κ3) is 0.816.